The molecule has 112 valence electrons. The molecule has 3 nitrogen and oxygen atoms in total. The van der Waals surface area contributed by atoms with Crippen LogP contribution in [0.25, 0.3) is 0 Å². The summed E-state index contributed by atoms with van der Waals surface area (Å²) in [5, 5.41) is 0.609. The zero-order valence-electron chi connectivity index (χ0n) is 11.9. The Hall–Kier alpha value is -1.52. The van der Waals surface area contributed by atoms with Crippen LogP contribution in [0.2, 0.25) is 5.02 Å². The molecule has 1 unspecified atom stereocenters. The minimum atomic E-state index is -3.16. The summed E-state index contributed by atoms with van der Waals surface area (Å²) in [6.45, 7) is 1.98. The Kier molecular flexibility index (Phi) is 4.91. The highest BCUT2D eigenvalue weighted by Crippen LogP contribution is 2.25. The van der Waals surface area contributed by atoms with E-state index in [0.29, 0.717) is 10.8 Å². The first kappa shape index (κ1) is 15.9. The molecule has 0 saturated heterocycles. The van der Waals surface area contributed by atoms with Crippen molar-refractivity contribution in [3.63, 3.8) is 0 Å². The van der Waals surface area contributed by atoms with E-state index < -0.39 is 15.9 Å². The van der Waals surface area contributed by atoms with E-state index in [-0.39, 0.29) is 5.75 Å². The molecule has 0 amide bonds. The summed E-state index contributed by atoms with van der Waals surface area (Å²) in [4.78, 5) is 0. The smallest absolute Gasteiger partial charge is 0.151 e. The maximum Gasteiger partial charge on any atom is 0.151 e. The van der Waals surface area contributed by atoms with Crippen LogP contribution >= 0.6 is 11.6 Å². The summed E-state index contributed by atoms with van der Waals surface area (Å²) in [6, 6.07) is 14.5. The molecule has 2 rings (SSSR count). The number of sulfone groups is 1. The van der Waals surface area contributed by atoms with Crippen LogP contribution in [0.5, 0.6) is 5.75 Å². The second-order valence-electron chi connectivity index (χ2n) is 5.06. The molecule has 1 atom stereocenters. The monoisotopic (exact) mass is 324 g/mol. The van der Waals surface area contributed by atoms with Gasteiger partial charge in [-0.15, -0.1) is 0 Å². The first-order valence-corrected chi connectivity index (χ1v) is 8.94. The Bertz CT molecular complexity index is 691. The van der Waals surface area contributed by atoms with E-state index in [2.05, 4.69) is 0 Å². The van der Waals surface area contributed by atoms with Gasteiger partial charge in [0.1, 0.15) is 11.9 Å². The molecule has 0 spiro atoms. The molecule has 21 heavy (non-hydrogen) atoms. The molecule has 0 aliphatic rings. The molecule has 0 radical (unpaired) electrons. The van der Waals surface area contributed by atoms with Gasteiger partial charge in [0, 0.05) is 11.3 Å². The fourth-order valence-corrected chi connectivity index (χ4v) is 2.87. The van der Waals surface area contributed by atoms with Gasteiger partial charge in [-0.2, -0.15) is 0 Å². The zero-order chi connectivity index (χ0) is 15.5. The van der Waals surface area contributed by atoms with Crippen LogP contribution in [0, 0.1) is 6.92 Å². The summed E-state index contributed by atoms with van der Waals surface area (Å²) in [7, 11) is -3.16. The summed E-state index contributed by atoms with van der Waals surface area (Å²) >= 11 is 5.84. The molecule has 0 heterocycles. The molecule has 0 bridgehead atoms. The zero-order valence-corrected chi connectivity index (χ0v) is 13.5. The third-order valence-electron chi connectivity index (χ3n) is 3.00. The average molecular weight is 325 g/mol. The van der Waals surface area contributed by atoms with Crippen LogP contribution < -0.4 is 4.74 Å². The predicted molar refractivity (Wildman–Crippen MR) is 85.7 cm³/mol. The van der Waals surface area contributed by atoms with Crippen molar-refractivity contribution in [1.29, 1.82) is 0 Å². The standard InChI is InChI=1S/C16H17ClO3S/c1-12-3-5-13(6-4-12)16(11-21(2,18)19)20-15-9-7-14(17)8-10-15/h3-10,16H,11H2,1-2H3. The Labute approximate surface area is 130 Å². The van der Waals surface area contributed by atoms with Gasteiger partial charge in [-0.3, -0.25) is 0 Å². The molecular formula is C16H17ClO3S. The third-order valence-corrected chi connectivity index (χ3v) is 4.16. The molecular weight excluding hydrogens is 308 g/mol. The number of rotatable bonds is 5. The lowest BCUT2D eigenvalue weighted by molar-refractivity contribution is 0.229. The van der Waals surface area contributed by atoms with E-state index in [0.717, 1.165) is 11.1 Å². The highest BCUT2D eigenvalue weighted by molar-refractivity contribution is 7.90. The van der Waals surface area contributed by atoms with Crippen LogP contribution in [-0.4, -0.2) is 20.4 Å². The van der Waals surface area contributed by atoms with E-state index in [9.17, 15) is 8.42 Å². The van der Waals surface area contributed by atoms with Crippen molar-refractivity contribution < 1.29 is 13.2 Å². The van der Waals surface area contributed by atoms with Gasteiger partial charge in [0.2, 0.25) is 0 Å². The minimum Gasteiger partial charge on any atom is -0.485 e. The Morgan fingerprint density at radius 2 is 1.62 bits per heavy atom. The van der Waals surface area contributed by atoms with Crippen molar-refractivity contribution in [2.24, 2.45) is 0 Å². The summed E-state index contributed by atoms with van der Waals surface area (Å²) in [5.74, 6) is 0.521. The van der Waals surface area contributed by atoms with Crippen molar-refractivity contribution >= 4 is 21.4 Å². The van der Waals surface area contributed by atoms with E-state index in [1.807, 2.05) is 31.2 Å². The Balaban J connectivity index is 2.27. The molecule has 2 aromatic carbocycles. The largest absolute Gasteiger partial charge is 0.485 e. The summed E-state index contributed by atoms with van der Waals surface area (Å²) in [5.41, 5.74) is 1.95. The van der Waals surface area contributed by atoms with Gasteiger partial charge in [0.15, 0.2) is 9.84 Å². The van der Waals surface area contributed by atoms with Crippen LogP contribution in [-0.2, 0) is 9.84 Å². The van der Waals surface area contributed by atoms with Gasteiger partial charge in [0.25, 0.3) is 0 Å². The molecule has 0 fully saturated rings. The van der Waals surface area contributed by atoms with Crippen LogP contribution in [0.1, 0.15) is 17.2 Å². The SMILES string of the molecule is Cc1ccc(C(CS(C)(=O)=O)Oc2ccc(Cl)cc2)cc1. The molecule has 2 aromatic rings. The number of ether oxygens (including phenoxy) is 1. The average Bonchev–Trinajstić information content (AvgIpc) is 2.40. The van der Waals surface area contributed by atoms with Crippen molar-refractivity contribution in [2.45, 2.75) is 13.0 Å². The second kappa shape index (κ2) is 6.50. The normalized spacial score (nSPS) is 12.9. The lowest BCUT2D eigenvalue weighted by Gasteiger charge is -2.19. The van der Waals surface area contributed by atoms with E-state index in [1.165, 1.54) is 6.26 Å². The quantitative estimate of drug-likeness (QED) is 0.840. The van der Waals surface area contributed by atoms with Gasteiger partial charge in [-0.05, 0) is 36.8 Å². The molecule has 0 aliphatic heterocycles. The maximum atomic E-state index is 11.6. The lowest BCUT2D eigenvalue weighted by atomic mass is 10.1. The lowest BCUT2D eigenvalue weighted by Crippen LogP contribution is -2.18. The van der Waals surface area contributed by atoms with E-state index in [1.54, 1.807) is 24.3 Å². The van der Waals surface area contributed by atoms with Crippen molar-refractivity contribution in [3.8, 4) is 5.75 Å². The Morgan fingerprint density at radius 3 is 2.14 bits per heavy atom. The minimum absolute atomic E-state index is 0.0707. The topological polar surface area (TPSA) is 43.4 Å². The first-order valence-electron chi connectivity index (χ1n) is 6.50. The van der Waals surface area contributed by atoms with Crippen molar-refractivity contribution in [1.82, 2.24) is 0 Å². The maximum absolute atomic E-state index is 11.6. The van der Waals surface area contributed by atoms with Crippen LogP contribution in [0.4, 0.5) is 0 Å². The van der Waals surface area contributed by atoms with E-state index in [4.69, 9.17) is 16.3 Å². The highest BCUT2D eigenvalue weighted by Gasteiger charge is 2.19. The van der Waals surface area contributed by atoms with Gasteiger partial charge < -0.3 is 4.74 Å². The fraction of sp³-hybridized carbons (Fsp3) is 0.250. The van der Waals surface area contributed by atoms with Crippen molar-refractivity contribution in [2.75, 3.05) is 12.0 Å². The second-order valence-corrected chi connectivity index (χ2v) is 7.68. The van der Waals surface area contributed by atoms with Gasteiger partial charge >= 0.3 is 0 Å². The van der Waals surface area contributed by atoms with Crippen LogP contribution in [0.15, 0.2) is 48.5 Å². The van der Waals surface area contributed by atoms with E-state index >= 15 is 0 Å². The molecule has 5 heteroatoms. The van der Waals surface area contributed by atoms with Crippen molar-refractivity contribution in [3.05, 3.63) is 64.7 Å². The number of halogens is 1. The third kappa shape index (κ3) is 5.06. The molecule has 0 aliphatic carbocycles. The fourth-order valence-electron chi connectivity index (χ4n) is 1.93. The number of benzene rings is 2. The Morgan fingerprint density at radius 1 is 1.05 bits per heavy atom. The van der Waals surface area contributed by atoms with Gasteiger partial charge in [-0.1, -0.05) is 41.4 Å². The predicted octanol–water partition coefficient (Wildman–Crippen LogP) is 3.81. The summed E-state index contributed by atoms with van der Waals surface area (Å²) < 4.78 is 29.1. The van der Waals surface area contributed by atoms with Crippen LogP contribution in [0.3, 0.4) is 0 Å². The van der Waals surface area contributed by atoms with Gasteiger partial charge in [0.05, 0.1) is 5.75 Å². The number of hydrogen-bond donors (Lipinski definition) is 0. The summed E-state index contributed by atoms with van der Waals surface area (Å²) in [6.07, 6.45) is 0.668. The van der Waals surface area contributed by atoms with Gasteiger partial charge in [-0.25, -0.2) is 8.42 Å². The number of hydrogen-bond acceptors (Lipinski definition) is 3. The molecule has 0 N–H and O–H groups in total. The molecule has 0 saturated carbocycles. The highest BCUT2D eigenvalue weighted by atomic mass is 35.5. The number of aryl methyl sites for hydroxylation is 1. The first-order chi connectivity index (χ1) is 9.83. The molecule has 0 aromatic heterocycles.